The van der Waals surface area contributed by atoms with Crippen molar-refractivity contribution in [2.75, 3.05) is 26.4 Å². The monoisotopic (exact) mass is 1060 g/mol. The number of aliphatic hydroxyl groups is 1. The Morgan fingerprint density at radius 3 is 1.09 bits per heavy atom. The number of esters is 3. The summed E-state index contributed by atoms with van der Waals surface area (Å²) in [6.45, 7) is 4.56. The molecule has 0 heterocycles. The highest BCUT2D eigenvalue weighted by Crippen LogP contribution is 2.43. The van der Waals surface area contributed by atoms with Crippen molar-refractivity contribution in [2.24, 2.45) is 0 Å². The standard InChI is InChI=1S/C62H113O11P/c1-4-7-10-13-16-19-22-25-27-29-31-34-36-39-42-45-48-51-60(64)69-55-59(73-62(66)53-50-47-44-41-38-35-32-30-28-26-23-20-17-14-11-8-5-2)57-71-74(67,68)70-56-58(54-63)72-61(65)52-49-46-43-40-37-33-24-21-18-15-12-9-6-3/h7,10,16,19,25-28,58-59,63H,4-6,8-9,11-15,17-18,20-24,29-57H2,1-3H3,(H,67,68)/b10-7-,19-16-,27-25-,28-26-. The van der Waals surface area contributed by atoms with Crippen molar-refractivity contribution in [2.45, 2.75) is 303 Å². The summed E-state index contributed by atoms with van der Waals surface area (Å²) >= 11 is 0. The molecule has 11 nitrogen and oxygen atoms in total. The van der Waals surface area contributed by atoms with E-state index in [2.05, 4.69) is 69.4 Å². The fraction of sp³-hybridized carbons (Fsp3) is 0.823. The van der Waals surface area contributed by atoms with Crippen LogP contribution in [0.3, 0.4) is 0 Å². The first kappa shape index (κ1) is 71.4. The zero-order valence-corrected chi connectivity index (χ0v) is 48.7. The van der Waals surface area contributed by atoms with Gasteiger partial charge in [0.05, 0.1) is 19.8 Å². The Hall–Kier alpha value is -2.56. The fourth-order valence-corrected chi connectivity index (χ4v) is 9.39. The number of ether oxygens (including phenoxy) is 3. The average molecular weight is 1070 g/mol. The quantitative estimate of drug-likeness (QED) is 0.0197. The van der Waals surface area contributed by atoms with Crippen molar-refractivity contribution in [3.05, 3.63) is 48.6 Å². The summed E-state index contributed by atoms with van der Waals surface area (Å²) < 4.78 is 39.6. The summed E-state index contributed by atoms with van der Waals surface area (Å²) in [5, 5.41) is 9.82. The summed E-state index contributed by atoms with van der Waals surface area (Å²) in [6, 6.07) is 0. The van der Waals surface area contributed by atoms with E-state index in [-0.39, 0.29) is 25.9 Å². The van der Waals surface area contributed by atoms with E-state index in [1.54, 1.807) is 0 Å². The van der Waals surface area contributed by atoms with E-state index in [1.165, 1.54) is 135 Å². The Bertz CT molecular complexity index is 1430. The van der Waals surface area contributed by atoms with Crippen molar-refractivity contribution in [3.63, 3.8) is 0 Å². The topological polar surface area (TPSA) is 155 Å². The zero-order chi connectivity index (χ0) is 54.1. The largest absolute Gasteiger partial charge is 0.472 e. The molecule has 0 aromatic rings. The molecule has 432 valence electrons. The molecule has 0 aliphatic carbocycles. The molecule has 3 unspecified atom stereocenters. The molecule has 0 saturated carbocycles. The number of hydrogen-bond acceptors (Lipinski definition) is 10. The molecule has 74 heavy (non-hydrogen) atoms. The van der Waals surface area contributed by atoms with Gasteiger partial charge in [0, 0.05) is 19.3 Å². The van der Waals surface area contributed by atoms with Gasteiger partial charge >= 0.3 is 25.7 Å². The summed E-state index contributed by atoms with van der Waals surface area (Å²) in [7, 11) is -4.75. The lowest BCUT2D eigenvalue weighted by atomic mass is 10.0. The first-order valence-electron chi connectivity index (χ1n) is 30.5. The Morgan fingerprint density at radius 1 is 0.392 bits per heavy atom. The third kappa shape index (κ3) is 54.2. The van der Waals surface area contributed by atoms with Gasteiger partial charge in [0.25, 0.3) is 0 Å². The molecular formula is C62H113O11P. The van der Waals surface area contributed by atoms with Crippen LogP contribution in [0.4, 0.5) is 0 Å². The number of carbonyl (C=O) groups excluding carboxylic acids is 3. The minimum absolute atomic E-state index is 0.162. The average Bonchev–Trinajstić information content (AvgIpc) is 3.39. The minimum Gasteiger partial charge on any atom is -0.462 e. The third-order valence-electron chi connectivity index (χ3n) is 13.2. The first-order chi connectivity index (χ1) is 36.2. The van der Waals surface area contributed by atoms with Crippen molar-refractivity contribution in [3.8, 4) is 0 Å². The highest BCUT2D eigenvalue weighted by molar-refractivity contribution is 7.47. The molecule has 0 rings (SSSR count). The summed E-state index contributed by atoms with van der Waals surface area (Å²) in [4.78, 5) is 48.6. The van der Waals surface area contributed by atoms with Crippen LogP contribution in [0.15, 0.2) is 48.6 Å². The smallest absolute Gasteiger partial charge is 0.462 e. The maximum Gasteiger partial charge on any atom is 0.472 e. The summed E-state index contributed by atoms with van der Waals surface area (Å²) in [5.41, 5.74) is 0. The second kappa shape index (κ2) is 56.6. The zero-order valence-electron chi connectivity index (χ0n) is 47.8. The van der Waals surface area contributed by atoms with Gasteiger partial charge in [-0.1, -0.05) is 243 Å². The number of phosphoric ester groups is 1. The number of hydrogen-bond donors (Lipinski definition) is 2. The normalized spacial score (nSPS) is 13.6. The molecule has 0 fully saturated rings. The second-order valence-corrected chi connectivity index (χ2v) is 21.9. The fourth-order valence-electron chi connectivity index (χ4n) is 8.60. The maximum absolute atomic E-state index is 12.9. The number of aliphatic hydroxyl groups excluding tert-OH is 1. The molecule has 0 aromatic heterocycles. The molecule has 0 bridgehead atoms. The van der Waals surface area contributed by atoms with Gasteiger partial charge in [-0.2, -0.15) is 0 Å². The van der Waals surface area contributed by atoms with E-state index in [0.717, 1.165) is 96.3 Å². The maximum atomic E-state index is 12.9. The molecule has 0 radical (unpaired) electrons. The number of phosphoric acid groups is 1. The van der Waals surface area contributed by atoms with Crippen molar-refractivity contribution in [1.82, 2.24) is 0 Å². The molecule has 12 heteroatoms. The second-order valence-electron chi connectivity index (χ2n) is 20.5. The van der Waals surface area contributed by atoms with Crippen LogP contribution >= 0.6 is 7.82 Å². The van der Waals surface area contributed by atoms with E-state index in [4.69, 9.17) is 23.3 Å². The van der Waals surface area contributed by atoms with Crippen molar-refractivity contribution < 1.29 is 52.2 Å². The third-order valence-corrected chi connectivity index (χ3v) is 14.2. The molecule has 3 atom stereocenters. The molecule has 0 amide bonds. The molecular weight excluding hydrogens is 952 g/mol. The molecule has 2 N–H and O–H groups in total. The Balaban J connectivity index is 4.71. The lowest BCUT2D eigenvalue weighted by Crippen LogP contribution is -2.30. The van der Waals surface area contributed by atoms with Gasteiger partial charge in [0.1, 0.15) is 12.7 Å². The van der Waals surface area contributed by atoms with Gasteiger partial charge in [0.15, 0.2) is 6.10 Å². The first-order valence-corrected chi connectivity index (χ1v) is 32.0. The Morgan fingerprint density at radius 2 is 0.703 bits per heavy atom. The van der Waals surface area contributed by atoms with E-state index in [0.29, 0.717) is 19.3 Å². The van der Waals surface area contributed by atoms with Crippen LogP contribution in [-0.2, 0) is 42.2 Å². The van der Waals surface area contributed by atoms with E-state index in [1.807, 2.05) is 0 Å². The highest BCUT2D eigenvalue weighted by Gasteiger charge is 2.28. The van der Waals surface area contributed by atoms with E-state index in [9.17, 15) is 28.9 Å². The highest BCUT2D eigenvalue weighted by atomic mass is 31.2. The SMILES string of the molecule is CC/C=C\C/C=C\C/C=C\CCCCCCCCCC(=O)OCC(COP(=O)(O)OCC(CO)OC(=O)CCCCCCCCCCCCCCC)OC(=O)CCCCCCCCC/C=C\CCCCCCCC. The van der Waals surface area contributed by atoms with Crippen molar-refractivity contribution >= 4 is 25.7 Å². The minimum atomic E-state index is -4.75. The van der Waals surface area contributed by atoms with Crippen LogP contribution in [0, 0.1) is 0 Å². The number of carbonyl (C=O) groups is 3. The predicted molar refractivity (Wildman–Crippen MR) is 307 cm³/mol. The van der Waals surface area contributed by atoms with Gasteiger partial charge in [-0.05, 0) is 77.0 Å². The van der Waals surface area contributed by atoms with Crippen LogP contribution in [0.1, 0.15) is 290 Å². The number of unbranched alkanes of at least 4 members (excludes halogenated alkanes) is 32. The molecule has 0 aliphatic heterocycles. The van der Waals surface area contributed by atoms with E-state index >= 15 is 0 Å². The molecule has 0 aromatic carbocycles. The van der Waals surface area contributed by atoms with Gasteiger partial charge in [-0.3, -0.25) is 23.4 Å². The van der Waals surface area contributed by atoms with Gasteiger partial charge in [0.2, 0.25) is 0 Å². The summed E-state index contributed by atoms with van der Waals surface area (Å²) in [6.07, 6.45) is 60.6. The number of allylic oxidation sites excluding steroid dienone is 8. The number of rotatable bonds is 57. The summed E-state index contributed by atoms with van der Waals surface area (Å²) in [5.74, 6) is -1.46. The van der Waals surface area contributed by atoms with Crippen LogP contribution in [0.5, 0.6) is 0 Å². The van der Waals surface area contributed by atoms with Crippen LogP contribution in [0.2, 0.25) is 0 Å². The molecule has 0 aliphatic rings. The Kier molecular flexibility index (Phi) is 54.7. The van der Waals surface area contributed by atoms with Gasteiger partial charge in [-0.25, -0.2) is 4.57 Å². The van der Waals surface area contributed by atoms with E-state index < -0.39 is 57.8 Å². The predicted octanol–water partition coefficient (Wildman–Crippen LogP) is 18.1. The van der Waals surface area contributed by atoms with Crippen LogP contribution in [0.25, 0.3) is 0 Å². The lowest BCUT2D eigenvalue weighted by molar-refractivity contribution is -0.161. The Labute approximate surface area is 453 Å². The molecule has 0 saturated heterocycles. The van der Waals surface area contributed by atoms with Gasteiger partial charge in [-0.15, -0.1) is 0 Å². The van der Waals surface area contributed by atoms with Crippen molar-refractivity contribution in [1.29, 1.82) is 0 Å². The van der Waals surface area contributed by atoms with Crippen LogP contribution < -0.4 is 0 Å². The molecule has 0 spiro atoms. The van der Waals surface area contributed by atoms with Crippen LogP contribution in [-0.4, -0.2) is 66.5 Å². The lowest BCUT2D eigenvalue weighted by Gasteiger charge is -2.21. The van der Waals surface area contributed by atoms with Gasteiger partial charge < -0.3 is 24.2 Å².